The van der Waals surface area contributed by atoms with Crippen LogP contribution in [0, 0.1) is 6.92 Å². The van der Waals surface area contributed by atoms with Crippen molar-refractivity contribution in [2.24, 2.45) is 0 Å². The third-order valence-corrected chi connectivity index (χ3v) is 3.72. The van der Waals surface area contributed by atoms with Crippen LogP contribution in [0.4, 0.5) is 0 Å². The lowest BCUT2D eigenvalue weighted by Gasteiger charge is -2.32. The van der Waals surface area contributed by atoms with Gasteiger partial charge in [0, 0.05) is 31.2 Å². The number of benzene rings is 1. The minimum Gasteiger partial charge on any atom is -0.338 e. The molecule has 0 amide bonds. The van der Waals surface area contributed by atoms with Crippen molar-refractivity contribution >= 4 is 12.4 Å². The molecule has 1 aliphatic heterocycles. The van der Waals surface area contributed by atoms with Gasteiger partial charge in [0.1, 0.15) is 0 Å². The Morgan fingerprint density at radius 1 is 1.43 bits per heavy atom. The molecule has 3 rings (SSSR count). The number of hydrogen-bond donors (Lipinski definition) is 1. The number of piperazine rings is 1. The highest BCUT2D eigenvalue weighted by molar-refractivity contribution is 5.85. The second-order valence-corrected chi connectivity index (χ2v) is 5.40. The van der Waals surface area contributed by atoms with Crippen molar-refractivity contribution in [1.29, 1.82) is 0 Å². The third-order valence-electron chi connectivity index (χ3n) is 3.72. The fraction of sp³-hybridized carbons (Fsp3) is 0.467. The van der Waals surface area contributed by atoms with Crippen LogP contribution in [0.1, 0.15) is 18.4 Å². The normalized spacial score (nSPS) is 19.2. The zero-order valence-corrected chi connectivity index (χ0v) is 13.2. The molecule has 0 unspecified atom stereocenters. The number of aromatic nitrogens is 2. The van der Waals surface area contributed by atoms with Crippen molar-refractivity contribution in [2.75, 3.05) is 19.6 Å². The van der Waals surface area contributed by atoms with Gasteiger partial charge in [-0.25, -0.2) is 0 Å². The number of nitrogens with zero attached hydrogens (tertiary/aromatic N) is 3. The summed E-state index contributed by atoms with van der Waals surface area (Å²) in [5, 5.41) is 7.47. The molecule has 0 bridgehead atoms. The lowest BCUT2D eigenvalue weighted by molar-refractivity contribution is 0.146. The van der Waals surface area contributed by atoms with Gasteiger partial charge in [-0.2, -0.15) is 4.98 Å². The average Bonchev–Trinajstić information content (AvgIpc) is 2.90. The smallest absolute Gasteiger partial charge is 0.241 e. The molecule has 0 radical (unpaired) electrons. The van der Waals surface area contributed by atoms with E-state index >= 15 is 0 Å². The molecule has 21 heavy (non-hydrogen) atoms. The second-order valence-electron chi connectivity index (χ2n) is 5.40. The number of halogens is 1. The van der Waals surface area contributed by atoms with Crippen LogP contribution in [0.15, 0.2) is 28.8 Å². The van der Waals surface area contributed by atoms with Gasteiger partial charge in [-0.3, -0.25) is 4.90 Å². The summed E-state index contributed by atoms with van der Waals surface area (Å²) in [6.07, 6.45) is 0. The standard InChI is InChI=1S/C15H20N4O.ClH/c1-11-4-3-5-13(8-11)15-17-14(20-18-15)10-19-7-6-16-9-12(19)2;/h3-5,8,12,16H,6-7,9-10H2,1-2H3;1H/t12-;/m1./s1. The summed E-state index contributed by atoms with van der Waals surface area (Å²) in [7, 11) is 0. The van der Waals surface area contributed by atoms with Crippen molar-refractivity contribution in [2.45, 2.75) is 26.4 Å². The number of aryl methyl sites for hydroxylation is 1. The fourth-order valence-corrected chi connectivity index (χ4v) is 2.51. The van der Waals surface area contributed by atoms with Crippen LogP contribution >= 0.6 is 12.4 Å². The summed E-state index contributed by atoms with van der Waals surface area (Å²) in [6, 6.07) is 8.65. The van der Waals surface area contributed by atoms with E-state index in [2.05, 4.69) is 46.3 Å². The van der Waals surface area contributed by atoms with Gasteiger partial charge in [-0.05, 0) is 19.9 Å². The molecular weight excluding hydrogens is 288 g/mol. The predicted octanol–water partition coefficient (Wildman–Crippen LogP) is 2.26. The van der Waals surface area contributed by atoms with Crippen molar-refractivity contribution in [3.8, 4) is 11.4 Å². The Morgan fingerprint density at radius 3 is 3.05 bits per heavy atom. The van der Waals surface area contributed by atoms with Crippen LogP contribution in [0.5, 0.6) is 0 Å². The minimum atomic E-state index is 0. The van der Waals surface area contributed by atoms with E-state index < -0.39 is 0 Å². The minimum absolute atomic E-state index is 0. The summed E-state index contributed by atoms with van der Waals surface area (Å²) in [6.45, 7) is 8.05. The summed E-state index contributed by atoms with van der Waals surface area (Å²) < 4.78 is 5.39. The Labute approximate surface area is 131 Å². The van der Waals surface area contributed by atoms with Crippen LogP contribution in [0.3, 0.4) is 0 Å². The zero-order chi connectivity index (χ0) is 13.9. The van der Waals surface area contributed by atoms with Gasteiger partial charge in [0.2, 0.25) is 11.7 Å². The van der Waals surface area contributed by atoms with Crippen LogP contribution in [0.25, 0.3) is 11.4 Å². The van der Waals surface area contributed by atoms with E-state index in [9.17, 15) is 0 Å². The van der Waals surface area contributed by atoms with E-state index in [1.165, 1.54) is 5.56 Å². The van der Waals surface area contributed by atoms with E-state index in [-0.39, 0.29) is 12.4 Å². The topological polar surface area (TPSA) is 54.2 Å². The molecule has 1 aliphatic rings. The Bertz CT molecular complexity index is 587. The molecular formula is C15H21ClN4O. The molecule has 0 saturated carbocycles. The maximum atomic E-state index is 5.39. The highest BCUT2D eigenvalue weighted by Gasteiger charge is 2.20. The summed E-state index contributed by atoms with van der Waals surface area (Å²) >= 11 is 0. The van der Waals surface area contributed by atoms with Gasteiger partial charge in [0.25, 0.3) is 0 Å². The van der Waals surface area contributed by atoms with E-state index in [1.54, 1.807) is 0 Å². The molecule has 0 spiro atoms. The number of nitrogens with one attached hydrogen (secondary N) is 1. The van der Waals surface area contributed by atoms with E-state index in [4.69, 9.17) is 4.52 Å². The second kappa shape index (κ2) is 7.02. The average molecular weight is 309 g/mol. The largest absolute Gasteiger partial charge is 0.338 e. The van der Waals surface area contributed by atoms with Crippen LogP contribution in [-0.4, -0.2) is 40.7 Å². The first-order chi connectivity index (χ1) is 9.72. The molecule has 5 nitrogen and oxygen atoms in total. The predicted molar refractivity (Wildman–Crippen MR) is 84.5 cm³/mol. The van der Waals surface area contributed by atoms with Crippen molar-refractivity contribution < 1.29 is 4.52 Å². The molecule has 114 valence electrons. The van der Waals surface area contributed by atoms with E-state index in [0.717, 1.165) is 31.7 Å². The molecule has 2 heterocycles. The van der Waals surface area contributed by atoms with Crippen LogP contribution in [-0.2, 0) is 6.54 Å². The first-order valence-electron chi connectivity index (χ1n) is 7.07. The summed E-state index contributed by atoms with van der Waals surface area (Å²) in [4.78, 5) is 6.88. The molecule has 2 aromatic rings. The van der Waals surface area contributed by atoms with Gasteiger partial charge in [-0.15, -0.1) is 12.4 Å². The number of rotatable bonds is 3. The molecule has 1 atom stereocenters. The maximum absolute atomic E-state index is 5.39. The first-order valence-corrected chi connectivity index (χ1v) is 7.07. The van der Waals surface area contributed by atoms with Crippen LogP contribution < -0.4 is 5.32 Å². The Morgan fingerprint density at radius 2 is 2.29 bits per heavy atom. The quantitative estimate of drug-likeness (QED) is 0.942. The van der Waals surface area contributed by atoms with E-state index in [0.29, 0.717) is 17.8 Å². The molecule has 1 aromatic heterocycles. The Balaban J connectivity index is 0.00000161. The molecule has 1 aromatic carbocycles. The van der Waals surface area contributed by atoms with Gasteiger partial charge in [-0.1, -0.05) is 28.9 Å². The van der Waals surface area contributed by atoms with Crippen LogP contribution in [0.2, 0.25) is 0 Å². The Kier molecular flexibility index (Phi) is 5.33. The number of hydrogen-bond acceptors (Lipinski definition) is 5. The van der Waals surface area contributed by atoms with Crippen molar-refractivity contribution in [3.63, 3.8) is 0 Å². The summed E-state index contributed by atoms with van der Waals surface area (Å²) in [5.74, 6) is 1.36. The molecule has 0 aliphatic carbocycles. The van der Waals surface area contributed by atoms with Gasteiger partial charge < -0.3 is 9.84 Å². The molecule has 1 N–H and O–H groups in total. The van der Waals surface area contributed by atoms with Gasteiger partial charge in [0.15, 0.2) is 0 Å². The molecule has 6 heteroatoms. The first kappa shape index (κ1) is 15.9. The highest BCUT2D eigenvalue weighted by atomic mass is 35.5. The lowest BCUT2D eigenvalue weighted by atomic mass is 10.1. The highest BCUT2D eigenvalue weighted by Crippen LogP contribution is 2.18. The Hall–Kier alpha value is -1.43. The maximum Gasteiger partial charge on any atom is 0.241 e. The van der Waals surface area contributed by atoms with Gasteiger partial charge in [0.05, 0.1) is 6.54 Å². The van der Waals surface area contributed by atoms with Gasteiger partial charge >= 0.3 is 0 Å². The third kappa shape index (κ3) is 3.81. The summed E-state index contributed by atoms with van der Waals surface area (Å²) in [5.41, 5.74) is 2.21. The molecule has 1 saturated heterocycles. The van der Waals surface area contributed by atoms with E-state index in [1.807, 2.05) is 12.1 Å². The van der Waals surface area contributed by atoms with Crippen molar-refractivity contribution in [1.82, 2.24) is 20.4 Å². The fourth-order valence-electron chi connectivity index (χ4n) is 2.51. The molecule has 1 fully saturated rings. The monoisotopic (exact) mass is 308 g/mol. The van der Waals surface area contributed by atoms with Crippen molar-refractivity contribution in [3.05, 3.63) is 35.7 Å². The zero-order valence-electron chi connectivity index (χ0n) is 12.4. The lowest BCUT2D eigenvalue weighted by Crippen LogP contribution is -2.49. The SMILES string of the molecule is Cc1cccc(-c2noc(CN3CCNC[C@H]3C)n2)c1.Cl.